The predicted octanol–water partition coefficient (Wildman–Crippen LogP) is 3.13. The average Bonchev–Trinajstić information content (AvgIpc) is 2.54. The Morgan fingerprint density at radius 3 is 2.36 bits per heavy atom. The molecule has 0 aromatic heterocycles. The predicted molar refractivity (Wildman–Crippen MR) is 94.8 cm³/mol. The fourth-order valence-electron chi connectivity index (χ4n) is 2.20. The van der Waals surface area contributed by atoms with Crippen LogP contribution in [-0.4, -0.2) is 23.1 Å². The van der Waals surface area contributed by atoms with Crippen LogP contribution in [-0.2, 0) is 4.79 Å². The molecule has 0 aliphatic heterocycles. The highest BCUT2D eigenvalue weighted by Crippen LogP contribution is 2.17. The van der Waals surface area contributed by atoms with Crippen LogP contribution in [0.4, 0.5) is 5.69 Å². The number of amides is 1. The minimum Gasteiger partial charge on any atom is -0.481 e. The zero-order chi connectivity index (χ0) is 18.4. The average molecular weight is 341 g/mol. The number of benzene rings is 2. The van der Waals surface area contributed by atoms with Gasteiger partial charge < -0.3 is 4.74 Å². The maximum absolute atomic E-state index is 12.0. The van der Waals surface area contributed by atoms with Gasteiger partial charge in [0.15, 0.2) is 6.10 Å². The van der Waals surface area contributed by atoms with Crippen LogP contribution >= 0.6 is 0 Å². The number of non-ortho nitro benzene ring substituents is 1. The highest BCUT2D eigenvalue weighted by atomic mass is 16.6. The zero-order valence-electron chi connectivity index (χ0n) is 14.2. The number of nitro benzene ring substituents is 1. The van der Waals surface area contributed by atoms with Gasteiger partial charge in [-0.2, -0.15) is 5.10 Å². The molecule has 2 rings (SSSR count). The Labute approximate surface area is 145 Å². The van der Waals surface area contributed by atoms with Gasteiger partial charge in [-0.05, 0) is 61.7 Å². The second-order valence-electron chi connectivity index (χ2n) is 5.67. The maximum atomic E-state index is 12.0. The first-order chi connectivity index (χ1) is 11.8. The largest absolute Gasteiger partial charge is 0.481 e. The van der Waals surface area contributed by atoms with Crippen molar-refractivity contribution in [1.82, 2.24) is 5.43 Å². The monoisotopic (exact) mass is 341 g/mol. The van der Waals surface area contributed by atoms with Crippen LogP contribution < -0.4 is 10.2 Å². The molecule has 2 aromatic rings. The van der Waals surface area contributed by atoms with Gasteiger partial charge in [0.2, 0.25) is 0 Å². The lowest BCUT2D eigenvalue weighted by Crippen LogP contribution is -2.33. The Balaban J connectivity index is 1.91. The van der Waals surface area contributed by atoms with Crippen molar-refractivity contribution >= 4 is 17.8 Å². The first kappa shape index (κ1) is 18.1. The number of hydrogen-bond donors (Lipinski definition) is 1. The van der Waals surface area contributed by atoms with Gasteiger partial charge in [0, 0.05) is 12.1 Å². The molecule has 130 valence electrons. The standard InChI is InChI=1S/C18H19N3O4/c1-12-8-13(2)10-17(9-12)25-14(3)18(22)20-19-11-15-4-6-16(7-5-15)21(23)24/h4-11,14H,1-3H3,(H,20,22). The summed E-state index contributed by atoms with van der Waals surface area (Å²) in [5, 5.41) is 14.4. The molecule has 0 fully saturated rings. The normalized spacial score (nSPS) is 12.0. The number of rotatable bonds is 6. The van der Waals surface area contributed by atoms with E-state index in [1.165, 1.54) is 18.3 Å². The summed E-state index contributed by atoms with van der Waals surface area (Å²) in [5.74, 6) is 0.233. The molecule has 7 nitrogen and oxygen atoms in total. The molecule has 0 saturated carbocycles. The van der Waals surface area contributed by atoms with E-state index in [0.29, 0.717) is 11.3 Å². The molecule has 0 heterocycles. The number of hydrogen-bond acceptors (Lipinski definition) is 5. The van der Waals surface area contributed by atoms with Crippen LogP contribution in [0, 0.1) is 24.0 Å². The van der Waals surface area contributed by atoms with Gasteiger partial charge in [-0.3, -0.25) is 14.9 Å². The molecule has 0 radical (unpaired) electrons. The van der Waals surface area contributed by atoms with Gasteiger partial charge in [0.05, 0.1) is 11.1 Å². The molecule has 0 saturated heterocycles. The highest BCUT2D eigenvalue weighted by molar-refractivity contribution is 5.84. The van der Waals surface area contributed by atoms with Crippen molar-refractivity contribution < 1.29 is 14.5 Å². The summed E-state index contributed by atoms with van der Waals surface area (Å²) in [6.07, 6.45) is 0.695. The third kappa shape index (κ3) is 5.42. The maximum Gasteiger partial charge on any atom is 0.280 e. The number of nitro groups is 1. The SMILES string of the molecule is Cc1cc(C)cc(OC(C)C(=O)NN=Cc2ccc([N+](=O)[O-])cc2)c1. The summed E-state index contributed by atoms with van der Waals surface area (Å²) in [7, 11) is 0. The van der Waals surface area contributed by atoms with Crippen LogP contribution in [0.15, 0.2) is 47.6 Å². The molecule has 0 aliphatic rings. The van der Waals surface area contributed by atoms with E-state index in [0.717, 1.165) is 11.1 Å². The van der Waals surface area contributed by atoms with Gasteiger partial charge in [0.1, 0.15) is 5.75 Å². The minimum absolute atomic E-state index is 0.00310. The van der Waals surface area contributed by atoms with E-state index in [9.17, 15) is 14.9 Å². The van der Waals surface area contributed by atoms with Gasteiger partial charge in [-0.1, -0.05) is 6.07 Å². The van der Waals surface area contributed by atoms with E-state index in [4.69, 9.17) is 4.74 Å². The van der Waals surface area contributed by atoms with Crippen molar-refractivity contribution in [2.24, 2.45) is 5.10 Å². The summed E-state index contributed by atoms with van der Waals surface area (Å²) in [4.78, 5) is 22.1. The topological polar surface area (TPSA) is 93.8 Å². The molecule has 7 heteroatoms. The molecule has 2 aromatic carbocycles. The summed E-state index contributed by atoms with van der Waals surface area (Å²) in [5.41, 5.74) is 5.13. The lowest BCUT2D eigenvalue weighted by atomic mass is 10.1. The van der Waals surface area contributed by atoms with E-state index in [-0.39, 0.29) is 5.69 Å². The van der Waals surface area contributed by atoms with Gasteiger partial charge in [-0.25, -0.2) is 5.43 Å². The molecule has 25 heavy (non-hydrogen) atoms. The molecular formula is C18H19N3O4. The number of carbonyl (C=O) groups excluding carboxylic acids is 1. The third-order valence-electron chi connectivity index (χ3n) is 3.37. The second kappa shape index (κ2) is 8.05. The number of nitrogens with one attached hydrogen (secondary N) is 1. The zero-order valence-corrected chi connectivity index (χ0v) is 14.2. The highest BCUT2D eigenvalue weighted by Gasteiger charge is 2.14. The summed E-state index contributed by atoms with van der Waals surface area (Å²) in [6, 6.07) is 11.6. The second-order valence-corrected chi connectivity index (χ2v) is 5.67. The molecule has 1 N–H and O–H groups in total. The molecule has 1 unspecified atom stereocenters. The number of ether oxygens (including phenoxy) is 1. The number of hydrazone groups is 1. The first-order valence-corrected chi connectivity index (χ1v) is 7.67. The molecule has 0 aliphatic carbocycles. The minimum atomic E-state index is -0.713. The van der Waals surface area contributed by atoms with Crippen LogP contribution in [0.1, 0.15) is 23.6 Å². The number of carbonyl (C=O) groups is 1. The first-order valence-electron chi connectivity index (χ1n) is 7.67. The van der Waals surface area contributed by atoms with E-state index >= 15 is 0 Å². The van der Waals surface area contributed by atoms with Crippen LogP contribution in [0.3, 0.4) is 0 Å². The van der Waals surface area contributed by atoms with Crippen molar-refractivity contribution in [2.75, 3.05) is 0 Å². The van der Waals surface area contributed by atoms with E-state index in [2.05, 4.69) is 10.5 Å². The summed E-state index contributed by atoms with van der Waals surface area (Å²) < 4.78 is 5.62. The van der Waals surface area contributed by atoms with Crippen molar-refractivity contribution in [2.45, 2.75) is 26.9 Å². The van der Waals surface area contributed by atoms with Gasteiger partial charge >= 0.3 is 0 Å². The molecular weight excluding hydrogens is 322 g/mol. The smallest absolute Gasteiger partial charge is 0.280 e. The van der Waals surface area contributed by atoms with Crippen LogP contribution in [0.2, 0.25) is 0 Å². The number of aryl methyl sites for hydroxylation is 2. The van der Waals surface area contributed by atoms with E-state index in [1.54, 1.807) is 19.1 Å². The third-order valence-corrected chi connectivity index (χ3v) is 3.37. The Morgan fingerprint density at radius 2 is 1.80 bits per heavy atom. The van der Waals surface area contributed by atoms with E-state index < -0.39 is 16.9 Å². The van der Waals surface area contributed by atoms with Gasteiger partial charge in [-0.15, -0.1) is 0 Å². The lowest BCUT2D eigenvalue weighted by molar-refractivity contribution is -0.384. The van der Waals surface area contributed by atoms with Crippen LogP contribution in [0.5, 0.6) is 5.75 Å². The van der Waals surface area contributed by atoms with Crippen molar-refractivity contribution in [3.05, 3.63) is 69.3 Å². The lowest BCUT2D eigenvalue weighted by Gasteiger charge is -2.14. The Kier molecular flexibility index (Phi) is 5.84. The Morgan fingerprint density at radius 1 is 1.20 bits per heavy atom. The molecule has 0 bridgehead atoms. The number of nitrogens with zero attached hydrogens (tertiary/aromatic N) is 2. The van der Waals surface area contributed by atoms with Crippen molar-refractivity contribution in [3.63, 3.8) is 0 Å². The quantitative estimate of drug-likeness (QED) is 0.496. The fourth-order valence-corrected chi connectivity index (χ4v) is 2.20. The summed E-state index contributed by atoms with van der Waals surface area (Å²) in [6.45, 7) is 5.55. The Hall–Kier alpha value is -3.22. The van der Waals surface area contributed by atoms with Crippen molar-refractivity contribution in [3.8, 4) is 5.75 Å². The molecule has 1 atom stereocenters. The molecule has 1 amide bonds. The van der Waals surface area contributed by atoms with Gasteiger partial charge in [0.25, 0.3) is 11.6 Å². The van der Waals surface area contributed by atoms with Crippen LogP contribution in [0.25, 0.3) is 0 Å². The fraction of sp³-hybridized carbons (Fsp3) is 0.222. The molecule has 0 spiro atoms. The van der Waals surface area contributed by atoms with Crippen molar-refractivity contribution in [1.29, 1.82) is 0 Å². The van der Waals surface area contributed by atoms with E-state index in [1.807, 2.05) is 32.0 Å². The Bertz CT molecular complexity index is 780. The summed E-state index contributed by atoms with van der Waals surface area (Å²) >= 11 is 0.